The second kappa shape index (κ2) is 9.02. The molecule has 0 spiro atoms. The van der Waals surface area contributed by atoms with Gasteiger partial charge in [-0.25, -0.2) is 4.98 Å². The Morgan fingerprint density at radius 2 is 2.07 bits per heavy atom. The van der Waals surface area contributed by atoms with E-state index in [4.69, 9.17) is 9.72 Å². The molecule has 0 radical (unpaired) electrons. The van der Waals surface area contributed by atoms with Gasteiger partial charge in [0.25, 0.3) is 5.56 Å². The van der Waals surface area contributed by atoms with Crippen LogP contribution in [0.5, 0.6) is 0 Å². The van der Waals surface area contributed by atoms with Crippen molar-refractivity contribution in [1.82, 2.24) is 9.55 Å². The summed E-state index contributed by atoms with van der Waals surface area (Å²) in [5.41, 5.74) is 2.10. The van der Waals surface area contributed by atoms with Crippen LogP contribution < -0.4 is 5.56 Å². The zero-order valence-electron chi connectivity index (χ0n) is 17.3. The van der Waals surface area contributed by atoms with Crippen molar-refractivity contribution in [2.24, 2.45) is 5.92 Å². The van der Waals surface area contributed by atoms with Gasteiger partial charge in [-0.3, -0.25) is 9.36 Å². The van der Waals surface area contributed by atoms with Crippen LogP contribution in [0.4, 0.5) is 0 Å². The number of aromatic nitrogens is 2. The van der Waals surface area contributed by atoms with Gasteiger partial charge in [0.05, 0.1) is 23.8 Å². The van der Waals surface area contributed by atoms with Crippen LogP contribution in [0.1, 0.15) is 50.5 Å². The minimum atomic E-state index is 0.0566. The van der Waals surface area contributed by atoms with Crippen LogP contribution in [0.25, 0.3) is 15.9 Å². The fourth-order valence-corrected chi connectivity index (χ4v) is 5.93. The number of rotatable bonds is 7. The number of benzene rings is 1. The molecular formula is C23H28N2O2S2. The molecule has 4 rings (SSSR count). The molecule has 3 aromatic rings. The molecule has 4 nitrogen and oxygen atoms in total. The van der Waals surface area contributed by atoms with Crippen LogP contribution in [0, 0.1) is 5.92 Å². The smallest absolute Gasteiger partial charge is 0.267 e. The third-order valence-corrected chi connectivity index (χ3v) is 7.57. The van der Waals surface area contributed by atoms with Crippen molar-refractivity contribution in [3.63, 3.8) is 0 Å². The highest BCUT2D eigenvalue weighted by Gasteiger charge is 2.28. The molecule has 0 fully saturated rings. The lowest BCUT2D eigenvalue weighted by Crippen LogP contribution is -2.28. The van der Waals surface area contributed by atoms with E-state index < -0.39 is 0 Å². The number of hydrogen-bond acceptors (Lipinski definition) is 5. The lowest BCUT2D eigenvalue weighted by atomic mass is 9.96. The highest BCUT2D eigenvalue weighted by atomic mass is 32.2. The van der Waals surface area contributed by atoms with Gasteiger partial charge >= 0.3 is 0 Å². The molecule has 1 aliphatic rings. The van der Waals surface area contributed by atoms with E-state index in [1.165, 1.54) is 12.8 Å². The van der Waals surface area contributed by atoms with Gasteiger partial charge in [0.15, 0.2) is 5.16 Å². The normalized spacial score (nSPS) is 16.5. The first-order valence-electron chi connectivity index (χ1n) is 10.5. The first kappa shape index (κ1) is 20.6. The Hall–Kier alpha value is -1.63. The van der Waals surface area contributed by atoms with Crippen molar-refractivity contribution < 1.29 is 4.74 Å². The lowest BCUT2D eigenvalue weighted by Gasteiger charge is -2.26. The van der Waals surface area contributed by atoms with Crippen LogP contribution in [0.2, 0.25) is 0 Å². The third kappa shape index (κ3) is 4.16. The van der Waals surface area contributed by atoms with Gasteiger partial charge in [-0.05, 0) is 30.0 Å². The molecule has 0 unspecified atom stereocenters. The van der Waals surface area contributed by atoms with Crippen molar-refractivity contribution in [2.75, 3.05) is 5.75 Å². The van der Waals surface area contributed by atoms with Crippen molar-refractivity contribution >= 4 is 33.3 Å². The highest BCUT2D eigenvalue weighted by molar-refractivity contribution is 7.99. The maximum absolute atomic E-state index is 13.7. The first-order chi connectivity index (χ1) is 14.1. The van der Waals surface area contributed by atoms with Gasteiger partial charge in [-0.2, -0.15) is 0 Å². The molecule has 0 aliphatic carbocycles. The van der Waals surface area contributed by atoms with Gasteiger partial charge in [0.2, 0.25) is 0 Å². The summed E-state index contributed by atoms with van der Waals surface area (Å²) in [4.78, 5) is 20.7. The van der Waals surface area contributed by atoms with Gasteiger partial charge in [0, 0.05) is 17.1 Å². The molecule has 0 bridgehead atoms. The quantitative estimate of drug-likeness (QED) is 0.270. The molecule has 1 aliphatic heterocycles. The summed E-state index contributed by atoms with van der Waals surface area (Å²) in [5.74, 6) is 1.40. The fourth-order valence-electron chi connectivity index (χ4n) is 3.75. The van der Waals surface area contributed by atoms with Gasteiger partial charge < -0.3 is 4.74 Å². The lowest BCUT2D eigenvalue weighted by molar-refractivity contribution is 0.00200. The predicted molar refractivity (Wildman–Crippen MR) is 123 cm³/mol. The van der Waals surface area contributed by atoms with Crippen LogP contribution >= 0.6 is 23.1 Å². The average molecular weight is 429 g/mol. The Balaban J connectivity index is 1.84. The van der Waals surface area contributed by atoms with Crippen LogP contribution in [-0.2, 0) is 17.8 Å². The Kier molecular flexibility index (Phi) is 6.42. The van der Waals surface area contributed by atoms with Crippen molar-refractivity contribution in [3.8, 4) is 5.69 Å². The van der Waals surface area contributed by atoms with Crippen molar-refractivity contribution in [3.05, 3.63) is 51.1 Å². The molecule has 1 aromatic carbocycles. The van der Waals surface area contributed by atoms with E-state index in [9.17, 15) is 4.79 Å². The summed E-state index contributed by atoms with van der Waals surface area (Å²) in [6, 6.07) is 9.91. The average Bonchev–Trinajstić information content (AvgIpc) is 3.09. The Bertz CT molecular complexity index is 1040. The summed E-state index contributed by atoms with van der Waals surface area (Å²) >= 11 is 3.32. The Labute approximate surface area is 180 Å². The molecular weight excluding hydrogens is 400 g/mol. The van der Waals surface area contributed by atoms with Gasteiger partial charge in [-0.15, -0.1) is 11.3 Å². The Morgan fingerprint density at radius 3 is 2.79 bits per heavy atom. The topological polar surface area (TPSA) is 44.1 Å². The minimum absolute atomic E-state index is 0.0566. The van der Waals surface area contributed by atoms with Crippen LogP contribution in [0.3, 0.4) is 0 Å². The van der Waals surface area contributed by atoms with Gasteiger partial charge in [-0.1, -0.05) is 63.6 Å². The molecule has 154 valence electrons. The number of nitrogens with zero attached hydrogens (tertiary/aromatic N) is 2. The van der Waals surface area contributed by atoms with E-state index >= 15 is 0 Å². The molecule has 0 N–H and O–H groups in total. The summed E-state index contributed by atoms with van der Waals surface area (Å²) < 4.78 is 7.85. The van der Waals surface area contributed by atoms with E-state index in [2.05, 4.69) is 20.8 Å². The summed E-state index contributed by atoms with van der Waals surface area (Å²) in [5, 5.41) is 1.59. The number of para-hydroxylation sites is 1. The molecule has 0 saturated heterocycles. The van der Waals surface area contributed by atoms with E-state index in [1.807, 2.05) is 34.9 Å². The van der Waals surface area contributed by atoms with E-state index in [0.29, 0.717) is 12.5 Å². The summed E-state index contributed by atoms with van der Waals surface area (Å²) in [6.45, 7) is 7.14. The summed E-state index contributed by atoms with van der Waals surface area (Å²) in [6.07, 6.45) is 4.48. The SMILES string of the molecule is CCCCCSc1nc2sc3c(c2c(=O)n1-c1ccccc1)C[C@H](C(C)C)OC3. The van der Waals surface area contributed by atoms with Crippen molar-refractivity contribution in [2.45, 2.75) is 64.3 Å². The number of ether oxygens (including phenoxy) is 1. The maximum Gasteiger partial charge on any atom is 0.267 e. The Morgan fingerprint density at radius 1 is 1.28 bits per heavy atom. The number of fused-ring (bicyclic) bond motifs is 3. The molecule has 0 amide bonds. The molecule has 3 heterocycles. The zero-order valence-corrected chi connectivity index (χ0v) is 18.9. The minimum Gasteiger partial charge on any atom is -0.372 e. The predicted octanol–water partition coefficient (Wildman–Crippen LogP) is 5.83. The van der Waals surface area contributed by atoms with E-state index in [0.717, 1.165) is 50.1 Å². The largest absolute Gasteiger partial charge is 0.372 e. The number of hydrogen-bond donors (Lipinski definition) is 0. The molecule has 2 aromatic heterocycles. The van der Waals surface area contributed by atoms with Crippen LogP contribution in [-0.4, -0.2) is 21.4 Å². The van der Waals surface area contributed by atoms with Crippen molar-refractivity contribution in [1.29, 1.82) is 0 Å². The second-order valence-corrected chi connectivity index (χ2v) is 10.1. The molecule has 29 heavy (non-hydrogen) atoms. The standard InChI is InChI=1S/C23H28N2O2S2/c1-4-5-9-12-28-23-24-21-20(22(26)25(23)16-10-7-6-8-11-16)17-13-18(15(2)3)27-14-19(17)29-21/h6-8,10-11,15,18H,4-5,9,12-14H2,1-3H3/t18-/m1/s1. The number of thiophene rings is 1. The number of unbranched alkanes of at least 4 members (excludes halogenated alkanes) is 2. The van der Waals surface area contributed by atoms with E-state index in [1.54, 1.807) is 23.1 Å². The molecule has 6 heteroatoms. The maximum atomic E-state index is 13.7. The second-order valence-electron chi connectivity index (χ2n) is 7.91. The molecule has 0 saturated carbocycles. The first-order valence-corrected chi connectivity index (χ1v) is 12.3. The third-order valence-electron chi connectivity index (χ3n) is 5.45. The van der Waals surface area contributed by atoms with E-state index in [-0.39, 0.29) is 11.7 Å². The molecule has 1 atom stereocenters. The highest BCUT2D eigenvalue weighted by Crippen LogP contribution is 2.36. The van der Waals surface area contributed by atoms with Crippen LogP contribution in [0.15, 0.2) is 40.3 Å². The van der Waals surface area contributed by atoms with Gasteiger partial charge in [0.1, 0.15) is 4.83 Å². The number of thioether (sulfide) groups is 1. The summed E-state index contributed by atoms with van der Waals surface area (Å²) in [7, 11) is 0. The fraction of sp³-hybridized carbons (Fsp3) is 0.478. The monoisotopic (exact) mass is 428 g/mol. The zero-order chi connectivity index (χ0) is 20.4.